The van der Waals surface area contributed by atoms with E-state index in [1.165, 1.54) is 0 Å². The molecule has 0 heterocycles. The van der Waals surface area contributed by atoms with E-state index in [9.17, 15) is 22.7 Å². The van der Waals surface area contributed by atoms with Gasteiger partial charge in [0.1, 0.15) is 0 Å². The van der Waals surface area contributed by atoms with Gasteiger partial charge in [-0.3, -0.25) is 0 Å². The van der Waals surface area contributed by atoms with E-state index in [0.717, 1.165) is 0 Å². The van der Waals surface area contributed by atoms with Gasteiger partial charge in [0.15, 0.2) is 0 Å². The van der Waals surface area contributed by atoms with E-state index in [0.29, 0.717) is 0 Å². The van der Waals surface area contributed by atoms with Gasteiger partial charge in [0.2, 0.25) is 0 Å². The van der Waals surface area contributed by atoms with Gasteiger partial charge in [-0.05, 0) is 0 Å². The van der Waals surface area contributed by atoms with Crippen LogP contribution in [0.3, 0.4) is 0 Å². The summed E-state index contributed by atoms with van der Waals surface area (Å²) in [6.45, 7) is -2.02. The predicted molar refractivity (Wildman–Crippen MR) is 20.6 cm³/mol. The largest absolute Gasteiger partial charge is 2.00 e. The van der Waals surface area contributed by atoms with Gasteiger partial charge in [-0.1, -0.05) is 18.2 Å². The molecule has 1 nitrogen and oxygen atoms in total. The van der Waals surface area contributed by atoms with Crippen molar-refractivity contribution >= 4 is 11.6 Å². The monoisotopic (exact) mass is 264 g/mol. The third kappa shape index (κ3) is 5.17. The molecule has 0 aromatic carbocycles. The minimum absolute atomic E-state index is 0. The molecule has 0 aliphatic rings. The summed E-state index contributed by atoms with van der Waals surface area (Å²) in [5, 5.41) is 5.27. The van der Waals surface area contributed by atoms with Crippen LogP contribution in [-0.2, 0) is 19.5 Å². The molecule has 0 N–H and O–H groups in total. The van der Waals surface area contributed by atoms with Crippen molar-refractivity contribution in [3.8, 4) is 0 Å². The molecule has 0 saturated carbocycles. The maximum Gasteiger partial charge on any atom is 2.00 e. The zero-order valence-corrected chi connectivity index (χ0v) is 9.57. The Labute approximate surface area is 84.3 Å². The quantitative estimate of drug-likeness (QED) is 0.300. The van der Waals surface area contributed by atoms with Crippen molar-refractivity contribution in [1.82, 2.24) is 0 Å². The van der Waals surface area contributed by atoms with Crippen molar-refractivity contribution in [2.75, 3.05) is 6.61 Å². The van der Waals surface area contributed by atoms with Crippen LogP contribution in [0.15, 0.2) is 0 Å². The zero-order valence-electron chi connectivity index (χ0n) is 5.09. The van der Waals surface area contributed by atoms with Crippen LogP contribution in [-0.4, -0.2) is 17.9 Å². The number of halogens is 6. The molecule has 0 rings (SSSR count). The summed E-state index contributed by atoms with van der Waals surface area (Å²) in [4.78, 5) is 0. The molecule has 1 unspecified atom stereocenters. The molecular formula is C3H2Cl2F4OZn. The Hall–Kier alpha value is 0.883. The molecule has 0 spiro atoms. The predicted octanol–water partition coefficient (Wildman–Crippen LogP) is -2.18. The van der Waals surface area contributed by atoms with Crippen molar-refractivity contribution in [1.29, 1.82) is 0 Å². The van der Waals surface area contributed by atoms with Crippen LogP contribution in [0.4, 0.5) is 17.6 Å². The molecule has 0 fully saturated rings. The van der Waals surface area contributed by atoms with Gasteiger partial charge in [0.05, 0.1) is 0 Å². The smallest absolute Gasteiger partial charge is 1.00 e. The second-order valence-corrected chi connectivity index (χ2v) is 1.95. The Morgan fingerprint density at radius 1 is 1.18 bits per heavy atom. The van der Waals surface area contributed by atoms with Crippen LogP contribution in [0, 0.1) is 0 Å². The minimum atomic E-state index is -5.27. The second-order valence-electron chi connectivity index (χ2n) is 1.35. The van der Waals surface area contributed by atoms with Crippen LogP contribution < -0.4 is 17.5 Å². The molecule has 0 radical (unpaired) electrons. The Kier molecular flexibility index (Phi) is 8.94. The fourth-order valence-electron chi connectivity index (χ4n) is 0.0818. The summed E-state index contributed by atoms with van der Waals surface area (Å²) in [7, 11) is 0. The fraction of sp³-hybridized carbons (Fsp3) is 1.00. The molecule has 1 atom stereocenters. The number of rotatable bonds is 1. The molecule has 0 bridgehead atoms. The Morgan fingerprint density at radius 3 is 1.45 bits per heavy atom. The molecule has 0 saturated heterocycles. The van der Waals surface area contributed by atoms with Crippen molar-refractivity contribution < 1.29 is 54.6 Å². The fourth-order valence-corrected chi connectivity index (χ4v) is 0.0818. The van der Waals surface area contributed by atoms with Gasteiger partial charge >= 0.3 is 25.7 Å². The third-order valence-corrected chi connectivity index (χ3v) is 0.919. The van der Waals surface area contributed by atoms with Crippen molar-refractivity contribution in [2.24, 2.45) is 0 Å². The van der Waals surface area contributed by atoms with Gasteiger partial charge < -0.3 is 17.5 Å². The summed E-state index contributed by atoms with van der Waals surface area (Å²) in [6.07, 6.45) is -5.27. The minimum Gasteiger partial charge on any atom is -1.00 e. The Balaban J connectivity index is -0.000000320. The summed E-state index contributed by atoms with van der Waals surface area (Å²) in [5.74, 6) is 0. The van der Waals surface area contributed by atoms with E-state index >= 15 is 0 Å². The summed E-state index contributed by atoms with van der Waals surface area (Å²) in [5.41, 5.74) is 0. The van der Waals surface area contributed by atoms with Crippen LogP contribution in [0.5, 0.6) is 0 Å². The molecule has 0 aliphatic carbocycles. The third-order valence-electron chi connectivity index (χ3n) is 0.596. The van der Waals surface area contributed by atoms with Crippen molar-refractivity contribution in [2.45, 2.75) is 11.3 Å². The first-order valence-corrected chi connectivity index (χ1v) is 2.22. The first-order chi connectivity index (χ1) is 3.81. The van der Waals surface area contributed by atoms with E-state index in [4.69, 9.17) is 0 Å². The number of hydrogen-bond acceptors (Lipinski definition) is 1. The zero-order chi connectivity index (χ0) is 7.71. The normalized spacial score (nSPS) is 15.8. The van der Waals surface area contributed by atoms with Crippen LogP contribution in [0.1, 0.15) is 0 Å². The molecule has 8 heteroatoms. The van der Waals surface area contributed by atoms with Gasteiger partial charge in [-0.15, -0.1) is 0 Å². The molecule has 11 heavy (non-hydrogen) atoms. The average molecular weight is 266 g/mol. The molecule has 0 aromatic heterocycles. The standard InChI is InChI=1S/C3H2ClF4O.ClH.Zn/c4-2(5,1-9)3(6,7)8;;/h1H2;1H;/q-1;;+2/p-1. The summed E-state index contributed by atoms with van der Waals surface area (Å²) < 4.78 is 45.0. The van der Waals surface area contributed by atoms with E-state index in [-0.39, 0.29) is 31.9 Å². The van der Waals surface area contributed by atoms with E-state index in [2.05, 4.69) is 11.6 Å². The Morgan fingerprint density at radius 2 is 1.45 bits per heavy atom. The van der Waals surface area contributed by atoms with E-state index in [1.54, 1.807) is 0 Å². The number of hydrogen-bond donors (Lipinski definition) is 0. The van der Waals surface area contributed by atoms with Crippen LogP contribution in [0.25, 0.3) is 0 Å². The summed E-state index contributed by atoms with van der Waals surface area (Å²) >= 11 is 4.09. The molecule has 0 aliphatic heterocycles. The van der Waals surface area contributed by atoms with E-state index < -0.39 is 17.9 Å². The van der Waals surface area contributed by atoms with Gasteiger partial charge in [-0.25, -0.2) is 4.39 Å². The maximum atomic E-state index is 11.7. The summed E-state index contributed by atoms with van der Waals surface area (Å²) in [6, 6.07) is 0. The van der Waals surface area contributed by atoms with Crippen molar-refractivity contribution in [3.05, 3.63) is 0 Å². The first kappa shape index (κ1) is 17.8. The van der Waals surface area contributed by atoms with Gasteiger partial charge in [0, 0.05) is 0 Å². The maximum absolute atomic E-state index is 11.7. The molecule has 0 aromatic rings. The van der Waals surface area contributed by atoms with Gasteiger partial charge in [-0.2, -0.15) is 13.2 Å². The van der Waals surface area contributed by atoms with Crippen LogP contribution >= 0.6 is 11.6 Å². The molecule has 0 amide bonds. The van der Waals surface area contributed by atoms with Crippen LogP contribution in [0.2, 0.25) is 0 Å². The molecule has 64 valence electrons. The topological polar surface area (TPSA) is 23.1 Å². The number of alkyl halides is 5. The molecular weight excluding hydrogens is 264 g/mol. The Bertz CT molecular complexity index is 106. The van der Waals surface area contributed by atoms with Gasteiger partial charge in [0.25, 0.3) is 5.13 Å². The SMILES string of the molecule is [Cl-].[O-]CC(F)(Cl)C(F)(F)F.[Zn+2]. The first-order valence-electron chi connectivity index (χ1n) is 1.84. The average Bonchev–Trinajstić information content (AvgIpc) is 1.64. The van der Waals surface area contributed by atoms with E-state index in [1.807, 2.05) is 0 Å². The van der Waals surface area contributed by atoms with Crippen molar-refractivity contribution in [3.63, 3.8) is 0 Å². The second kappa shape index (κ2) is 5.52.